The second kappa shape index (κ2) is 4.42. The molecule has 1 saturated heterocycles. The number of rotatable bonds is 1. The summed E-state index contributed by atoms with van der Waals surface area (Å²) >= 11 is 11.7. The molecule has 0 saturated carbocycles. The summed E-state index contributed by atoms with van der Waals surface area (Å²) in [5, 5.41) is 3.88. The standard InChI is InChI=1S/C11H11Cl2NO/c12-9-4-3-7(6-10(9)13)8-2-1-5-14-11(8)15/h3-4,6,8H,1-2,5H2,(H,14,15). The fraction of sp³-hybridized carbons (Fsp3) is 0.364. The summed E-state index contributed by atoms with van der Waals surface area (Å²) in [6, 6.07) is 5.38. The van der Waals surface area contributed by atoms with Crippen molar-refractivity contribution in [2.45, 2.75) is 18.8 Å². The van der Waals surface area contributed by atoms with E-state index in [4.69, 9.17) is 23.2 Å². The van der Waals surface area contributed by atoms with E-state index in [1.54, 1.807) is 12.1 Å². The summed E-state index contributed by atoms with van der Waals surface area (Å²) < 4.78 is 0. The number of halogens is 2. The number of nitrogens with one attached hydrogen (secondary N) is 1. The molecule has 4 heteroatoms. The molecule has 1 unspecified atom stereocenters. The molecule has 1 fully saturated rings. The van der Waals surface area contributed by atoms with Gasteiger partial charge in [0.25, 0.3) is 0 Å². The summed E-state index contributed by atoms with van der Waals surface area (Å²) in [5.74, 6) is 0.00755. The first-order valence-electron chi connectivity index (χ1n) is 4.91. The quantitative estimate of drug-likeness (QED) is 0.808. The van der Waals surface area contributed by atoms with E-state index >= 15 is 0 Å². The highest BCUT2D eigenvalue weighted by atomic mass is 35.5. The second-order valence-electron chi connectivity index (χ2n) is 3.66. The molecule has 80 valence electrons. The van der Waals surface area contributed by atoms with E-state index in [2.05, 4.69) is 5.32 Å². The van der Waals surface area contributed by atoms with E-state index in [0.717, 1.165) is 24.9 Å². The molecule has 1 atom stereocenters. The molecule has 0 aromatic heterocycles. The van der Waals surface area contributed by atoms with Crippen molar-refractivity contribution in [3.05, 3.63) is 33.8 Å². The number of carbonyl (C=O) groups is 1. The Morgan fingerprint density at radius 2 is 2.07 bits per heavy atom. The van der Waals surface area contributed by atoms with Gasteiger partial charge in [0.2, 0.25) is 5.91 Å². The number of benzene rings is 1. The Labute approximate surface area is 98.6 Å². The van der Waals surface area contributed by atoms with Crippen molar-refractivity contribution in [1.82, 2.24) is 5.32 Å². The number of piperidine rings is 1. The molecular formula is C11H11Cl2NO. The monoisotopic (exact) mass is 243 g/mol. The molecule has 1 aliphatic rings. The second-order valence-corrected chi connectivity index (χ2v) is 4.47. The van der Waals surface area contributed by atoms with Crippen LogP contribution in [0.5, 0.6) is 0 Å². The Morgan fingerprint density at radius 1 is 1.27 bits per heavy atom. The van der Waals surface area contributed by atoms with Gasteiger partial charge in [0.1, 0.15) is 0 Å². The van der Waals surface area contributed by atoms with Crippen LogP contribution in [0.1, 0.15) is 24.3 Å². The predicted molar refractivity (Wildman–Crippen MR) is 61.4 cm³/mol. The average Bonchev–Trinajstić information content (AvgIpc) is 2.23. The van der Waals surface area contributed by atoms with Gasteiger partial charge in [-0.05, 0) is 30.5 Å². The minimum absolute atomic E-state index is 0.0754. The Kier molecular flexibility index (Phi) is 3.17. The lowest BCUT2D eigenvalue weighted by atomic mass is 9.91. The molecule has 0 spiro atoms. The van der Waals surface area contributed by atoms with Crippen molar-refractivity contribution in [3.8, 4) is 0 Å². The number of hydrogen-bond acceptors (Lipinski definition) is 1. The first kappa shape index (κ1) is 10.8. The highest BCUT2D eigenvalue weighted by Crippen LogP contribution is 2.29. The Hall–Kier alpha value is -0.730. The normalized spacial score (nSPS) is 21.2. The molecular weight excluding hydrogens is 233 g/mol. The van der Waals surface area contributed by atoms with Crippen LogP contribution in [0.4, 0.5) is 0 Å². The lowest BCUT2D eigenvalue weighted by Crippen LogP contribution is -2.35. The summed E-state index contributed by atoms with van der Waals surface area (Å²) in [5.41, 5.74) is 0.946. The molecule has 1 N–H and O–H groups in total. The van der Waals surface area contributed by atoms with E-state index < -0.39 is 0 Å². The van der Waals surface area contributed by atoms with E-state index in [-0.39, 0.29) is 11.8 Å². The zero-order chi connectivity index (χ0) is 10.8. The predicted octanol–water partition coefficient (Wildman–Crippen LogP) is 2.99. The first-order chi connectivity index (χ1) is 7.18. The van der Waals surface area contributed by atoms with Crippen molar-refractivity contribution in [2.24, 2.45) is 0 Å². The van der Waals surface area contributed by atoms with Gasteiger partial charge in [-0.1, -0.05) is 29.3 Å². The van der Waals surface area contributed by atoms with Gasteiger partial charge in [0.15, 0.2) is 0 Å². The van der Waals surface area contributed by atoms with Gasteiger partial charge < -0.3 is 5.32 Å². The zero-order valence-electron chi connectivity index (χ0n) is 8.09. The van der Waals surface area contributed by atoms with Crippen LogP contribution in [-0.4, -0.2) is 12.5 Å². The van der Waals surface area contributed by atoms with E-state index in [0.29, 0.717) is 10.0 Å². The minimum Gasteiger partial charge on any atom is -0.356 e. The molecule has 1 heterocycles. The van der Waals surface area contributed by atoms with Crippen molar-refractivity contribution in [3.63, 3.8) is 0 Å². The van der Waals surface area contributed by atoms with Gasteiger partial charge in [-0.2, -0.15) is 0 Å². The molecule has 15 heavy (non-hydrogen) atoms. The van der Waals surface area contributed by atoms with Crippen LogP contribution >= 0.6 is 23.2 Å². The molecule has 0 radical (unpaired) electrons. The fourth-order valence-electron chi connectivity index (χ4n) is 1.82. The molecule has 1 amide bonds. The van der Waals surface area contributed by atoms with Gasteiger partial charge in [0.05, 0.1) is 16.0 Å². The van der Waals surface area contributed by atoms with Gasteiger partial charge >= 0.3 is 0 Å². The number of carbonyl (C=O) groups excluding carboxylic acids is 1. The minimum atomic E-state index is -0.0754. The lowest BCUT2D eigenvalue weighted by molar-refractivity contribution is -0.123. The topological polar surface area (TPSA) is 29.1 Å². The molecule has 1 aromatic carbocycles. The van der Waals surface area contributed by atoms with Crippen LogP contribution in [0.3, 0.4) is 0 Å². The van der Waals surface area contributed by atoms with Crippen LogP contribution in [-0.2, 0) is 4.79 Å². The maximum atomic E-state index is 11.6. The highest BCUT2D eigenvalue weighted by Gasteiger charge is 2.23. The average molecular weight is 244 g/mol. The van der Waals surface area contributed by atoms with Gasteiger partial charge in [-0.3, -0.25) is 4.79 Å². The van der Waals surface area contributed by atoms with Crippen LogP contribution in [0.15, 0.2) is 18.2 Å². The Morgan fingerprint density at radius 3 is 2.73 bits per heavy atom. The summed E-state index contributed by atoms with van der Waals surface area (Å²) in [7, 11) is 0. The van der Waals surface area contributed by atoms with Gasteiger partial charge in [0, 0.05) is 6.54 Å². The van der Waals surface area contributed by atoms with Crippen LogP contribution in [0.2, 0.25) is 10.0 Å². The van der Waals surface area contributed by atoms with E-state index in [1.807, 2.05) is 6.07 Å². The van der Waals surface area contributed by atoms with Gasteiger partial charge in [-0.25, -0.2) is 0 Å². The van der Waals surface area contributed by atoms with Crippen LogP contribution in [0.25, 0.3) is 0 Å². The first-order valence-corrected chi connectivity index (χ1v) is 5.67. The fourth-order valence-corrected chi connectivity index (χ4v) is 2.13. The van der Waals surface area contributed by atoms with E-state index in [9.17, 15) is 4.79 Å². The maximum absolute atomic E-state index is 11.6. The summed E-state index contributed by atoms with van der Waals surface area (Å²) in [4.78, 5) is 11.6. The number of amides is 1. The molecule has 2 rings (SSSR count). The van der Waals surface area contributed by atoms with Crippen molar-refractivity contribution >= 4 is 29.1 Å². The smallest absolute Gasteiger partial charge is 0.227 e. The molecule has 1 aromatic rings. The lowest BCUT2D eigenvalue weighted by Gasteiger charge is -2.22. The zero-order valence-corrected chi connectivity index (χ0v) is 9.61. The Bertz CT molecular complexity index is 392. The highest BCUT2D eigenvalue weighted by molar-refractivity contribution is 6.42. The third kappa shape index (κ3) is 2.27. The van der Waals surface area contributed by atoms with Crippen molar-refractivity contribution < 1.29 is 4.79 Å². The molecule has 1 aliphatic heterocycles. The Balaban J connectivity index is 2.28. The number of hydrogen-bond donors (Lipinski definition) is 1. The molecule has 2 nitrogen and oxygen atoms in total. The van der Waals surface area contributed by atoms with Crippen LogP contribution < -0.4 is 5.32 Å². The van der Waals surface area contributed by atoms with Crippen molar-refractivity contribution in [1.29, 1.82) is 0 Å². The summed E-state index contributed by atoms with van der Waals surface area (Å²) in [6.45, 7) is 0.774. The molecule has 0 aliphatic carbocycles. The molecule has 0 bridgehead atoms. The maximum Gasteiger partial charge on any atom is 0.227 e. The third-order valence-corrected chi connectivity index (χ3v) is 3.37. The van der Waals surface area contributed by atoms with Crippen LogP contribution in [0, 0.1) is 0 Å². The summed E-state index contributed by atoms with van der Waals surface area (Å²) in [6.07, 6.45) is 1.89. The SMILES string of the molecule is O=C1NCCCC1c1ccc(Cl)c(Cl)c1. The van der Waals surface area contributed by atoms with Gasteiger partial charge in [-0.15, -0.1) is 0 Å². The largest absolute Gasteiger partial charge is 0.356 e. The van der Waals surface area contributed by atoms with E-state index in [1.165, 1.54) is 0 Å². The van der Waals surface area contributed by atoms with Crippen molar-refractivity contribution in [2.75, 3.05) is 6.54 Å². The third-order valence-electron chi connectivity index (χ3n) is 2.63.